The van der Waals surface area contributed by atoms with Crippen molar-refractivity contribution in [3.05, 3.63) is 35.9 Å². The molecule has 0 aromatic heterocycles. The summed E-state index contributed by atoms with van der Waals surface area (Å²) in [5.41, 5.74) is 0.683. The van der Waals surface area contributed by atoms with E-state index < -0.39 is 5.60 Å². The van der Waals surface area contributed by atoms with E-state index in [1.165, 1.54) is 5.56 Å². The van der Waals surface area contributed by atoms with Crippen LogP contribution in [0.5, 0.6) is 0 Å². The summed E-state index contributed by atoms with van der Waals surface area (Å²) in [7, 11) is 0. The second kappa shape index (κ2) is 12.1. The van der Waals surface area contributed by atoms with Crippen LogP contribution < -0.4 is 5.32 Å². The van der Waals surface area contributed by atoms with Gasteiger partial charge in [-0.05, 0) is 18.9 Å². The van der Waals surface area contributed by atoms with Crippen LogP contribution in [-0.2, 0) is 4.74 Å². The van der Waals surface area contributed by atoms with Crippen molar-refractivity contribution in [3.8, 4) is 0 Å². The smallest absolute Gasteiger partial charge is 0.194 e. The summed E-state index contributed by atoms with van der Waals surface area (Å²) in [6.07, 6.45) is 2.45. The third-order valence-corrected chi connectivity index (χ3v) is 5.91. The summed E-state index contributed by atoms with van der Waals surface area (Å²) in [5.74, 6) is 0.926. The van der Waals surface area contributed by atoms with Gasteiger partial charge in [-0.3, -0.25) is 9.89 Å². The van der Waals surface area contributed by atoms with Crippen molar-refractivity contribution in [1.82, 2.24) is 15.1 Å². The van der Waals surface area contributed by atoms with Crippen LogP contribution in [0.25, 0.3) is 0 Å². The molecule has 1 unspecified atom stereocenters. The van der Waals surface area contributed by atoms with Gasteiger partial charge in [-0.25, -0.2) is 0 Å². The van der Waals surface area contributed by atoms with Gasteiger partial charge >= 0.3 is 0 Å². The SMILES string of the molecule is CCNC(=NCC1(O)CCOCC1)N1CCN(C(CC)c2ccccc2)CC1.I. The lowest BCUT2D eigenvalue weighted by molar-refractivity contribution is -0.0567. The molecule has 0 amide bonds. The largest absolute Gasteiger partial charge is 0.388 e. The molecule has 2 heterocycles. The average molecular weight is 516 g/mol. The molecule has 1 aromatic rings. The maximum atomic E-state index is 10.7. The minimum absolute atomic E-state index is 0. The van der Waals surface area contributed by atoms with Crippen LogP contribution in [0.2, 0.25) is 0 Å². The Morgan fingerprint density at radius 2 is 1.79 bits per heavy atom. The maximum Gasteiger partial charge on any atom is 0.194 e. The Morgan fingerprint density at radius 3 is 2.38 bits per heavy atom. The Balaban J connectivity index is 0.00000300. The topological polar surface area (TPSA) is 60.3 Å². The molecule has 2 aliphatic rings. The molecule has 2 aliphatic heterocycles. The quantitative estimate of drug-likeness (QED) is 0.346. The average Bonchev–Trinajstić information content (AvgIpc) is 2.74. The van der Waals surface area contributed by atoms with Crippen molar-refractivity contribution >= 4 is 29.9 Å². The minimum atomic E-state index is -0.721. The summed E-state index contributed by atoms with van der Waals surface area (Å²) < 4.78 is 5.38. The fraction of sp³-hybridized carbons (Fsp3) is 0.682. The molecule has 1 aromatic carbocycles. The molecule has 1 atom stereocenters. The number of guanidine groups is 1. The number of ether oxygens (including phenoxy) is 1. The molecule has 6 nitrogen and oxygen atoms in total. The second-order valence-corrected chi connectivity index (χ2v) is 7.86. The first-order valence-electron chi connectivity index (χ1n) is 10.8. The van der Waals surface area contributed by atoms with Gasteiger partial charge in [-0.1, -0.05) is 37.3 Å². The highest BCUT2D eigenvalue weighted by Crippen LogP contribution is 2.25. The molecule has 2 saturated heterocycles. The third-order valence-electron chi connectivity index (χ3n) is 5.91. The molecule has 0 bridgehead atoms. The van der Waals surface area contributed by atoms with Gasteiger partial charge in [-0.2, -0.15) is 0 Å². The first-order chi connectivity index (χ1) is 13.6. The first-order valence-corrected chi connectivity index (χ1v) is 10.8. The molecule has 164 valence electrons. The van der Waals surface area contributed by atoms with Crippen molar-refractivity contribution in [1.29, 1.82) is 0 Å². The second-order valence-electron chi connectivity index (χ2n) is 7.86. The lowest BCUT2D eigenvalue weighted by Gasteiger charge is -2.40. The number of rotatable bonds is 6. The number of aliphatic hydroxyl groups is 1. The van der Waals surface area contributed by atoms with Crippen LogP contribution in [0, 0.1) is 0 Å². The van der Waals surface area contributed by atoms with Gasteiger partial charge in [0.1, 0.15) is 0 Å². The Bertz CT molecular complexity index is 614. The van der Waals surface area contributed by atoms with E-state index in [1.54, 1.807) is 0 Å². The number of hydrogen-bond donors (Lipinski definition) is 2. The van der Waals surface area contributed by atoms with E-state index >= 15 is 0 Å². The number of nitrogens with one attached hydrogen (secondary N) is 1. The monoisotopic (exact) mass is 516 g/mol. The van der Waals surface area contributed by atoms with Crippen LogP contribution in [-0.4, -0.2) is 78.9 Å². The van der Waals surface area contributed by atoms with E-state index in [4.69, 9.17) is 9.73 Å². The highest BCUT2D eigenvalue weighted by Gasteiger charge is 2.30. The van der Waals surface area contributed by atoms with Gasteiger partial charge in [0.2, 0.25) is 0 Å². The summed E-state index contributed by atoms with van der Waals surface area (Å²) in [4.78, 5) is 9.71. The summed E-state index contributed by atoms with van der Waals surface area (Å²) in [6.45, 7) is 10.8. The van der Waals surface area contributed by atoms with Gasteiger partial charge in [0.05, 0.1) is 12.1 Å². The summed E-state index contributed by atoms with van der Waals surface area (Å²) in [6, 6.07) is 11.3. The molecule has 7 heteroatoms. The number of nitrogens with zero attached hydrogens (tertiary/aromatic N) is 3. The summed E-state index contributed by atoms with van der Waals surface area (Å²) in [5, 5.41) is 14.1. The van der Waals surface area contributed by atoms with E-state index in [1.807, 2.05) is 0 Å². The molecule has 0 spiro atoms. The first kappa shape index (κ1) is 24.4. The van der Waals surface area contributed by atoms with Crippen LogP contribution in [0.4, 0.5) is 0 Å². The Labute approximate surface area is 192 Å². The van der Waals surface area contributed by atoms with Crippen LogP contribution in [0.3, 0.4) is 0 Å². The Hall–Kier alpha value is -0.900. The third kappa shape index (κ3) is 6.80. The highest BCUT2D eigenvalue weighted by molar-refractivity contribution is 14.0. The predicted molar refractivity (Wildman–Crippen MR) is 129 cm³/mol. The fourth-order valence-corrected chi connectivity index (χ4v) is 4.18. The maximum absolute atomic E-state index is 10.7. The number of aliphatic imine (C=N–C) groups is 1. The Kier molecular flexibility index (Phi) is 10.1. The molecular weight excluding hydrogens is 479 g/mol. The van der Waals surface area contributed by atoms with Crippen molar-refractivity contribution < 1.29 is 9.84 Å². The Morgan fingerprint density at radius 1 is 1.14 bits per heavy atom. The zero-order valence-corrected chi connectivity index (χ0v) is 20.2. The molecule has 29 heavy (non-hydrogen) atoms. The van der Waals surface area contributed by atoms with Crippen molar-refractivity contribution in [2.45, 2.75) is 44.8 Å². The van der Waals surface area contributed by atoms with E-state index in [2.05, 4.69) is 59.3 Å². The zero-order valence-electron chi connectivity index (χ0n) is 17.8. The van der Waals surface area contributed by atoms with Gasteiger partial charge in [0, 0.05) is 64.8 Å². The molecule has 0 saturated carbocycles. The van der Waals surface area contributed by atoms with Gasteiger partial charge in [0.25, 0.3) is 0 Å². The minimum Gasteiger partial charge on any atom is -0.388 e. The molecule has 0 radical (unpaired) electrons. The lowest BCUT2D eigenvalue weighted by Crippen LogP contribution is -2.53. The molecule has 0 aliphatic carbocycles. The van der Waals surface area contributed by atoms with E-state index in [9.17, 15) is 5.11 Å². The summed E-state index contributed by atoms with van der Waals surface area (Å²) >= 11 is 0. The van der Waals surface area contributed by atoms with Crippen molar-refractivity contribution in [3.63, 3.8) is 0 Å². The van der Waals surface area contributed by atoms with E-state index in [-0.39, 0.29) is 24.0 Å². The number of benzene rings is 1. The van der Waals surface area contributed by atoms with Crippen molar-refractivity contribution in [2.24, 2.45) is 4.99 Å². The van der Waals surface area contributed by atoms with Crippen LogP contribution in [0.15, 0.2) is 35.3 Å². The molecular formula is C22H37IN4O2. The normalized spacial score (nSPS) is 21.3. The van der Waals surface area contributed by atoms with E-state index in [0.29, 0.717) is 38.6 Å². The fourth-order valence-electron chi connectivity index (χ4n) is 4.18. The van der Waals surface area contributed by atoms with Crippen LogP contribution in [0.1, 0.15) is 44.7 Å². The van der Waals surface area contributed by atoms with E-state index in [0.717, 1.165) is 45.1 Å². The zero-order chi connectivity index (χ0) is 19.8. The van der Waals surface area contributed by atoms with Gasteiger partial charge in [0.15, 0.2) is 5.96 Å². The van der Waals surface area contributed by atoms with Crippen LogP contribution >= 0.6 is 24.0 Å². The number of hydrogen-bond acceptors (Lipinski definition) is 4. The van der Waals surface area contributed by atoms with Crippen molar-refractivity contribution in [2.75, 3.05) is 52.5 Å². The van der Waals surface area contributed by atoms with Gasteiger partial charge in [-0.15, -0.1) is 24.0 Å². The lowest BCUT2D eigenvalue weighted by atomic mass is 9.95. The highest BCUT2D eigenvalue weighted by atomic mass is 127. The molecule has 2 N–H and O–H groups in total. The molecule has 2 fully saturated rings. The van der Waals surface area contributed by atoms with Gasteiger partial charge < -0.3 is 20.1 Å². The number of piperazine rings is 1. The predicted octanol–water partition coefficient (Wildman–Crippen LogP) is 2.88. The number of halogens is 1. The molecule has 3 rings (SSSR count). The standard InChI is InChI=1S/C22H36N4O2.HI/c1-3-20(19-8-6-5-7-9-19)25-12-14-26(15-13-25)21(23-4-2)24-18-22(27)10-16-28-17-11-22;/h5-9,20,27H,3-4,10-18H2,1-2H3,(H,23,24);1H.